The van der Waals surface area contributed by atoms with Crippen LogP contribution in [0.5, 0.6) is 0 Å². The highest BCUT2D eigenvalue weighted by Gasteiger charge is 2.06. The molecule has 0 amide bonds. The maximum absolute atomic E-state index is 8.70. The van der Waals surface area contributed by atoms with Gasteiger partial charge in [0.25, 0.3) is 0 Å². The molecule has 0 aliphatic heterocycles. The smallest absolute Gasteiger partial charge is 0.140 e. The lowest BCUT2D eigenvalue weighted by Crippen LogP contribution is -2.22. The molecule has 5 heteroatoms. The Morgan fingerprint density at radius 2 is 2.18 bits per heavy atom. The Morgan fingerprint density at radius 3 is 2.88 bits per heavy atom. The molecule has 0 spiro atoms. The first-order chi connectivity index (χ1) is 8.27. The van der Waals surface area contributed by atoms with Crippen molar-refractivity contribution in [3.8, 4) is 0 Å². The van der Waals surface area contributed by atoms with Crippen molar-refractivity contribution in [2.24, 2.45) is 0 Å². The van der Waals surface area contributed by atoms with Gasteiger partial charge in [-0.15, -0.1) is 0 Å². The van der Waals surface area contributed by atoms with Crippen molar-refractivity contribution in [3.63, 3.8) is 0 Å². The predicted octanol–water partition coefficient (Wildman–Crippen LogP) is 1.28. The molecule has 1 rings (SSSR count). The van der Waals surface area contributed by atoms with Gasteiger partial charge in [0.2, 0.25) is 0 Å². The predicted molar refractivity (Wildman–Crippen MR) is 67.6 cm³/mol. The van der Waals surface area contributed by atoms with E-state index in [1.165, 1.54) is 0 Å². The number of nitrogens with zero attached hydrogens (tertiary/aromatic N) is 4. The van der Waals surface area contributed by atoms with Gasteiger partial charge in [-0.1, -0.05) is 6.92 Å². The molecular formula is C12H24N4O. The van der Waals surface area contributed by atoms with E-state index in [9.17, 15) is 0 Å². The molecule has 0 saturated heterocycles. The average Bonchev–Trinajstić information content (AvgIpc) is 2.73. The van der Waals surface area contributed by atoms with Crippen molar-refractivity contribution in [3.05, 3.63) is 12.2 Å². The van der Waals surface area contributed by atoms with E-state index in [1.54, 1.807) is 6.33 Å². The van der Waals surface area contributed by atoms with Crippen molar-refractivity contribution in [2.45, 2.75) is 45.7 Å². The molecule has 0 aliphatic carbocycles. The van der Waals surface area contributed by atoms with Crippen LogP contribution in [-0.2, 0) is 13.1 Å². The van der Waals surface area contributed by atoms with E-state index >= 15 is 0 Å². The molecule has 17 heavy (non-hydrogen) atoms. The lowest BCUT2D eigenvalue weighted by molar-refractivity contribution is 0.268. The number of aliphatic hydroxyl groups excluding tert-OH is 1. The first-order valence-electron chi connectivity index (χ1n) is 6.44. The summed E-state index contributed by atoms with van der Waals surface area (Å²) in [6.45, 7) is 5.27. The molecular weight excluding hydrogens is 216 g/mol. The minimum atomic E-state index is 0.300. The van der Waals surface area contributed by atoms with E-state index in [1.807, 2.05) is 4.68 Å². The Labute approximate surface area is 103 Å². The summed E-state index contributed by atoms with van der Waals surface area (Å²) in [6.07, 6.45) is 5.82. The van der Waals surface area contributed by atoms with Gasteiger partial charge in [-0.3, -0.25) is 4.90 Å². The molecule has 1 aromatic rings. The monoisotopic (exact) mass is 240 g/mol. The number of rotatable bonds is 9. The topological polar surface area (TPSA) is 54.2 Å². The maximum Gasteiger partial charge on any atom is 0.140 e. The van der Waals surface area contributed by atoms with Crippen molar-refractivity contribution in [2.75, 3.05) is 20.2 Å². The summed E-state index contributed by atoms with van der Waals surface area (Å²) in [5, 5.41) is 12.9. The fraction of sp³-hybridized carbons (Fsp3) is 0.833. The molecule has 1 heterocycles. The van der Waals surface area contributed by atoms with E-state index < -0.39 is 0 Å². The Kier molecular flexibility index (Phi) is 6.81. The Morgan fingerprint density at radius 1 is 1.35 bits per heavy atom. The summed E-state index contributed by atoms with van der Waals surface area (Å²) < 4.78 is 1.98. The number of aromatic nitrogens is 3. The second-order valence-electron chi connectivity index (χ2n) is 4.42. The van der Waals surface area contributed by atoms with Gasteiger partial charge in [-0.25, -0.2) is 9.67 Å². The number of unbranched alkanes of at least 4 members (excludes halogenated alkanes) is 2. The van der Waals surface area contributed by atoms with Crippen LogP contribution in [0.3, 0.4) is 0 Å². The van der Waals surface area contributed by atoms with Crippen LogP contribution in [0.1, 0.15) is 38.4 Å². The minimum absolute atomic E-state index is 0.300. The van der Waals surface area contributed by atoms with Crippen molar-refractivity contribution in [1.29, 1.82) is 0 Å². The zero-order chi connectivity index (χ0) is 12.5. The largest absolute Gasteiger partial charge is 0.396 e. The SMILES string of the molecule is CCCn1ncnc1CN(C)CCCCCO. The lowest BCUT2D eigenvalue weighted by Gasteiger charge is -2.16. The van der Waals surface area contributed by atoms with Gasteiger partial charge in [0.15, 0.2) is 0 Å². The maximum atomic E-state index is 8.70. The first kappa shape index (κ1) is 14.1. The van der Waals surface area contributed by atoms with Crippen LogP contribution in [-0.4, -0.2) is 45.0 Å². The van der Waals surface area contributed by atoms with Gasteiger partial charge < -0.3 is 5.11 Å². The third-order valence-corrected chi connectivity index (χ3v) is 2.74. The van der Waals surface area contributed by atoms with Crippen LogP contribution >= 0.6 is 0 Å². The molecule has 0 bridgehead atoms. The standard InChI is InChI=1S/C12H24N4O/c1-3-7-16-12(13-11-14-16)10-15(2)8-5-4-6-9-17/h11,17H,3-10H2,1-2H3. The van der Waals surface area contributed by atoms with Crippen molar-refractivity contribution >= 4 is 0 Å². The molecule has 98 valence electrons. The average molecular weight is 240 g/mol. The molecule has 0 fully saturated rings. The zero-order valence-electron chi connectivity index (χ0n) is 11.0. The van der Waals surface area contributed by atoms with Gasteiger partial charge >= 0.3 is 0 Å². The minimum Gasteiger partial charge on any atom is -0.396 e. The van der Waals surface area contributed by atoms with Gasteiger partial charge in [0.1, 0.15) is 12.2 Å². The molecule has 0 aliphatic rings. The quantitative estimate of drug-likeness (QED) is 0.661. The molecule has 0 radical (unpaired) electrons. The van der Waals surface area contributed by atoms with E-state index in [4.69, 9.17) is 5.11 Å². The number of aliphatic hydroxyl groups is 1. The molecule has 0 saturated carbocycles. The zero-order valence-corrected chi connectivity index (χ0v) is 11.0. The summed E-state index contributed by atoms with van der Waals surface area (Å²) in [5.41, 5.74) is 0. The van der Waals surface area contributed by atoms with Gasteiger partial charge in [-0.2, -0.15) is 5.10 Å². The van der Waals surface area contributed by atoms with Crippen LogP contribution in [0, 0.1) is 0 Å². The molecule has 5 nitrogen and oxygen atoms in total. The first-order valence-corrected chi connectivity index (χ1v) is 6.44. The van der Waals surface area contributed by atoms with Crippen LogP contribution in [0.25, 0.3) is 0 Å². The Bertz CT molecular complexity index is 300. The highest BCUT2D eigenvalue weighted by molar-refractivity contribution is 4.84. The van der Waals surface area contributed by atoms with Crippen LogP contribution in [0.4, 0.5) is 0 Å². The molecule has 0 unspecified atom stereocenters. The molecule has 1 aromatic heterocycles. The second-order valence-corrected chi connectivity index (χ2v) is 4.42. The molecule has 0 atom stereocenters. The fourth-order valence-electron chi connectivity index (χ4n) is 1.80. The highest BCUT2D eigenvalue weighted by atomic mass is 16.2. The number of hydrogen-bond acceptors (Lipinski definition) is 4. The van der Waals surface area contributed by atoms with E-state index in [0.29, 0.717) is 6.61 Å². The van der Waals surface area contributed by atoms with Crippen LogP contribution in [0.2, 0.25) is 0 Å². The number of hydrogen-bond donors (Lipinski definition) is 1. The van der Waals surface area contributed by atoms with Crippen molar-refractivity contribution in [1.82, 2.24) is 19.7 Å². The summed E-state index contributed by atoms with van der Waals surface area (Å²) >= 11 is 0. The van der Waals surface area contributed by atoms with Gasteiger partial charge in [0, 0.05) is 13.2 Å². The van der Waals surface area contributed by atoms with Crippen LogP contribution in [0.15, 0.2) is 6.33 Å². The van der Waals surface area contributed by atoms with Gasteiger partial charge in [-0.05, 0) is 39.3 Å². The lowest BCUT2D eigenvalue weighted by atomic mass is 10.2. The molecule has 1 N–H and O–H groups in total. The van der Waals surface area contributed by atoms with E-state index in [2.05, 4.69) is 29.0 Å². The Hall–Kier alpha value is -0.940. The van der Waals surface area contributed by atoms with Crippen molar-refractivity contribution < 1.29 is 5.11 Å². The Balaban J connectivity index is 2.29. The summed E-state index contributed by atoms with van der Waals surface area (Å²) in [4.78, 5) is 6.55. The fourth-order valence-corrected chi connectivity index (χ4v) is 1.80. The van der Waals surface area contributed by atoms with E-state index in [0.717, 1.165) is 51.1 Å². The van der Waals surface area contributed by atoms with E-state index in [-0.39, 0.29) is 0 Å². The summed E-state index contributed by atoms with van der Waals surface area (Å²) in [5.74, 6) is 1.04. The second kappa shape index (κ2) is 8.20. The third kappa shape index (κ3) is 5.28. The van der Waals surface area contributed by atoms with Gasteiger partial charge in [0.05, 0.1) is 6.54 Å². The molecule has 0 aromatic carbocycles. The summed E-state index contributed by atoms with van der Waals surface area (Å²) in [7, 11) is 2.10. The third-order valence-electron chi connectivity index (χ3n) is 2.74. The normalized spacial score (nSPS) is 11.3. The summed E-state index contributed by atoms with van der Waals surface area (Å²) in [6, 6.07) is 0. The van der Waals surface area contributed by atoms with Crippen LogP contribution < -0.4 is 0 Å². The number of aryl methyl sites for hydroxylation is 1. The highest BCUT2D eigenvalue weighted by Crippen LogP contribution is 2.03.